The molecular weight excluding hydrogens is 1050 g/mol. The Bertz CT molecular complexity index is 3110. The summed E-state index contributed by atoms with van der Waals surface area (Å²) >= 11 is 22.4. The molecule has 10 rings (SSSR count). The maximum absolute atomic E-state index is 7.33. The van der Waals surface area contributed by atoms with Crippen LogP contribution in [0.3, 0.4) is 0 Å². The van der Waals surface area contributed by atoms with Gasteiger partial charge < -0.3 is 20.6 Å². The van der Waals surface area contributed by atoms with Crippen molar-refractivity contribution in [1.82, 2.24) is 18.6 Å². The fourth-order valence-corrected chi connectivity index (χ4v) is 16.6. The van der Waals surface area contributed by atoms with Gasteiger partial charge in [-0.25, -0.2) is 0 Å². The van der Waals surface area contributed by atoms with Crippen LogP contribution in [0.2, 0.25) is 0 Å². The van der Waals surface area contributed by atoms with Crippen molar-refractivity contribution in [3.8, 4) is 0 Å². The number of fused-ring (bicyclic) bond motifs is 3. The van der Waals surface area contributed by atoms with Gasteiger partial charge in [0, 0.05) is 12.1 Å². The molecule has 0 radical (unpaired) electrons. The van der Waals surface area contributed by atoms with Gasteiger partial charge in [-0.2, -0.15) is 0 Å². The van der Waals surface area contributed by atoms with Crippen molar-refractivity contribution in [3.05, 3.63) is 156 Å². The maximum atomic E-state index is 7.33. The van der Waals surface area contributed by atoms with Gasteiger partial charge in [0.15, 0.2) is 11.9 Å². The number of nitrogens with two attached hydrogens (primary N) is 2. The highest BCUT2D eigenvalue weighted by molar-refractivity contribution is 7.74. The second-order valence-corrected chi connectivity index (χ2v) is 26.7. The number of thiazole rings is 3. The predicted molar refractivity (Wildman–Crippen MR) is 339 cm³/mol. The molecule has 0 bridgehead atoms. The Hall–Kier alpha value is -3.69. The molecule has 0 saturated heterocycles. The van der Waals surface area contributed by atoms with E-state index in [0.29, 0.717) is 11.8 Å². The summed E-state index contributed by atoms with van der Waals surface area (Å²) in [4.78, 5) is 2.84. The van der Waals surface area contributed by atoms with Crippen molar-refractivity contribution in [1.29, 1.82) is 0 Å². The molecule has 2 saturated carbocycles. The van der Waals surface area contributed by atoms with Crippen LogP contribution in [0.5, 0.6) is 0 Å². The van der Waals surface area contributed by atoms with Crippen molar-refractivity contribution in [2.75, 3.05) is 0 Å². The van der Waals surface area contributed by atoms with Crippen LogP contribution in [0.25, 0.3) is 30.6 Å². The minimum atomic E-state index is -0.848. The van der Waals surface area contributed by atoms with Crippen LogP contribution >= 0.6 is 70.7 Å². The number of nitrogens with zero attached hydrogens (tertiary/aromatic N) is 4. The van der Waals surface area contributed by atoms with Crippen LogP contribution in [-0.2, 0) is 18.0 Å². The minimum Gasteiger partial charge on any atom is -0.309 e. The van der Waals surface area contributed by atoms with E-state index < -0.39 is 5.66 Å². The fourth-order valence-electron chi connectivity index (χ4n) is 12.3. The summed E-state index contributed by atoms with van der Waals surface area (Å²) in [5.41, 5.74) is 18.8. The largest absolute Gasteiger partial charge is 0.309 e. The third-order valence-corrected chi connectivity index (χ3v) is 20.7. The van der Waals surface area contributed by atoms with Gasteiger partial charge in [0.1, 0.15) is 5.66 Å². The molecule has 5 aromatic carbocycles. The Morgan fingerprint density at radius 2 is 0.882 bits per heavy atom. The first-order valence-electron chi connectivity index (χ1n) is 28.8. The highest BCUT2D eigenvalue weighted by Gasteiger charge is 2.36. The average molecular weight is 1130 g/mol. The Morgan fingerprint density at radius 1 is 0.500 bits per heavy atom. The lowest BCUT2D eigenvalue weighted by Gasteiger charge is -2.41. The van der Waals surface area contributed by atoms with E-state index in [1.54, 1.807) is 34.0 Å². The standard InChI is InChI=1S/C24H40N2S2.C20H28N2S2.C20H16N2S2/c1-5-9-13-19(7-3)17-24(25,18-20(8-4)14-10-6-2)26-21-15-11-12-16-22(21)28-23(26)27;23-20-22(18-13-7-8-14-19(18)24-20)15-21(16-9-3-1-4-10-16)17-11-5-2-6-12-17;21-20(15-9-3-1-4-10-15,16-11-5-2-6-12-16)22-17-13-7-8-14-18(17)24-19(22)23/h11-12,15-16,19-20H,5-10,13-14,17-18,25H2,1-4H3;7-8,13-14,16-17H,1-6,9-12,15H2;1-14H,21H2. The molecule has 6 nitrogen and oxygen atoms in total. The number of hydrogen-bond donors (Lipinski definition) is 2. The highest BCUT2D eigenvalue weighted by atomic mass is 32.2. The van der Waals surface area contributed by atoms with Crippen LogP contribution < -0.4 is 11.5 Å². The molecule has 2 aliphatic carbocycles. The van der Waals surface area contributed by atoms with Gasteiger partial charge in [0.2, 0.25) is 0 Å². The van der Waals surface area contributed by atoms with E-state index in [0.717, 1.165) is 64.8 Å². The van der Waals surface area contributed by atoms with Crippen LogP contribution in [0.4, 0.5) is 0 Å². The summed E-state index contributed by atoms with van der Waals surface area (Å²) in [6.45, 7) is 10.2. The molecule has 76 heavy (non-hydrogen) atoms. The van der Waals surface area contributed by atoms with Gasteiger partial charge in [0.05, 0.1) is 43.0 Å². The van der Waals surface area contributed by atoms with E-state index >= 15 is 0 Å². The molecular formula is C64H84N6S6. The lowest BCUT2D eigenvalue weighted by molar-refractivity contribution is 0.0516. The lowest BCUT2D eigenvalue weighted by Crippen LogP contribution is -2.46. The number of rotatable bonds is 20. The quantitative estimate of drug-likeness (QED) is 0.0741. The summed E-state index contributed by atoms with van der Waals surface area (Å²) in [5, 5.41) is 0. The van der Waals surface area contributed by atoms with Gasteiger partial charge in [0.25, 0.3) is 0 Å². The van der Waals surface area contributed by atoms with Crippen molar-refractivity contribution in [3.63, 3.8) is 0 Å². The van der Waals surface area contributed by atoms with Gasteiger partial charge in [-0.1, -0.05) is 215 Å². The van der Waals surface area contributed by atoms with E-state index in [1.165, 1.54) is 136 Å². The van der Waals surface area contributed by atoms with Gasteiger partial charge in [-0.3, -0.25) is 9.47 Å². The van der Waals surface area contributed by atoms with E-state index in [1.807, 2.05) is 48.5 Å². The summed E-state index contributed by atoms with van der Waals surface area (Å²) < 4.78 is 13.3. The first-order chi connectivity index (χ1) is 37.0. The van der Waals surface area contributed by atoms with Crippen molar-refractivity contribution < 1.29 is 0 Å². The first kappa shape index (κ1) is 58.5. The molecule has 0 aliphatic heterocycles. The number of hydrogen-bond acceptors (Lipinski definition) is 9. The van der Waals surface area contributed by atoms with E-state index in [2.05, 4.69) is 131 Å². The average Bonchev–Trinajstić information content (AvgIpc) is 4.17. The van der Waals surface area contributed by atoms with E-state index in [4.69, 9.17) is 48.1 Å². The van der Waals surface area contributed by atoms with Crippen molar-refractivity contribution in [2.45, 2.75) is 186 Å². The molecule has 2 aliphatic rings. The van der Waals surface area contributed by atoms with Crippen molar-refractivity contribution in [2.24, 2.45) is 23.3 Å². The highest BCUT2D eigenvalue weighted by Crippen LogP contribution is 2.40. The van der Waals surface area contributed by atoms with E-state index in [9.17, 15) is 0 Å². The Balaban J connectivity index is 0.000000151. The molecule has 2 unspecified atom stereocenters. The summed E-state index contributed by atoms with van der Waals surface area (Å²) in [7, 11) is 0. The number of aromatic nitrogens is 3. The third-order valence-electron chi connectivity index (χ3n) is 16.5. The number of benzene rings is 5. The van der Waals surface area contributed by atoms with E-state index in [-0.39, 0.29) is 5.66 Å². The molecule has 3 aromatic heterocycles. The summed E-state index contributed by atoms with van der Waals surface area (Å²) in [6.07, 6.45) is 26.1. The zero-order valence-corrected chi connectivity index (χ0v) is 50.7. The monoisotopic (exact) mass is 1130 g/mol. The molecule has 4 N–H and O–H groups in total. The Kier molecular flexibility index (Phi) is 21.9. The van der Waals surface area contributed by atoms with Crippen molar-refractivity contribution >= 4 is 101 Å². The molecule has 3 heterocycles. The Labute approximate surface area is 482 Å². The molecule has 2 atom stereocenters. The van der Waals surface area contributed by atoms with Crippen LogP contribution in [0.15, 0.2) is 133 Å². The zero-order valence-electron chi connectivity index (χ0n) is 45.8. The molecule has 8 aromatic rings. The van der Waals surface area contributed by atoms with Crippen LogP contribution in [0, 0.1) is 23.7 Å². The molecule has 406 valence electrons. The maximum Gasteiger partial charge on any atom is 0.164 e. The smallest absolute Gasteiger partial charge is 0.164 e. The second-order valence-electron chi connectivity index (χ2n) is 21.7. The molecule has 0 spiro atoms. The second kappa shape index (κ2) is 28.5. The minimum absolute atomic E-state index is 0.389. The van der Waals surface area contributed by atoms with Gasteiger partial charge in [-0.05, 0) is 135 Å². The zero-order chi connectivity index (χ0) is 53.5. The molecule has 0 amide bonds. The van der Waals surface area contributed by atoms with Gasteiger partial charge >= 0.3 is 0 Å². The number of unbranched alkanes of at least 4 members (excludes halogenated alkanes) is 2. The summed E-state index contributed by atoms with van der Waals surface area (Å²) in [6, 6.07) is 47.3. The van der Waals surface area contributed by atoms with Crippen LogP contribution in [0.1, 0.15) is 167 Å². The summed E-state index contributed by atoms with van der Waals surface area (Å²) in [5.74, 6) is 1.32. The SMILES string of the molecule is CCCCC(CC)CC(N)(CC(CC)CCCC)n1c(=S)sc2ccccc21.NC(c1ccccc1)(c1ccccc1)n1c(=S)sc2ccccc21.S=c1sc2ccccc2n1CN(C1CCCCC1)C1CCCCC1. The molecule has 2 fully saturated rings. The van der Waals surface area contributed by atoms with Gasteiger partial charge in [-0.15, -0.1) is 34.0 Å². The lowest BCUT2D eigenvalue weighted by atomic mass is 9.81. The first-order valence-corrected chi connectivity index (χ1v) is 32.4. The fraction of sp³-hybridized carbons (Fsp3) is 0.484. The normalized spacial score (nSPS) is 16.2. The topological polar surface area (TPSA) is 70.1 Å². The Morgan fingerprint density at radius 3 is 1.33 bits per heavy atom. The molecule has 12 heteroatoms. The van der Waals surface area contributed by atoms with Crippen LogP contribution in [-0.4, -0.2) is 30.7 Å². The predicted octanol–water partition coefficient (Wildman–Crippen LogP) is 19.8. The number of para-hydroxylation sites is 3. The third kappa shape index (κ3) is 14.0.